The molecular formula is C19H20ClN3O4. The Morgan fingerprint density at radius 2 is 1.89 bits per heavy atom. The lowest BCUT2D eigenvalue weighted by molar-refractivity contribution is -0.384. The fourth-order valence-electron chi connectivity index (χ4n) is 2.91. The van der Waals surface area contributed by atoms with Crippen LogP contribution in [0.3, 0.4) is 0 Å². The molecule has 0 unspecified atom stereocenters. The Bertz CT molecular complexity index is 820. The van der Waals surface area contributed by atoms with Crippen LogP contribution in [0.15, 0.2) is 42.5 Å². The van der Waals surface area contributed by atoms with Gasteiger partial charge in [-0.2, -0.15) is 0 Å². The molecule has 0 atom stereocenters. The second-order valence-electron chi connectivity index (χ2n) is 6.20. The van der Waals surface area contributed by atoms with Gasteiger partial charge < -0.3 is 15.0 Å². The van der Waals surface area contributed by atoms with E-state index in [2.05, 4.69) is 22.3 Å². The molecule has 1 N–H and O–H groups in total. The monoisotopic (exact) mass is 389 g/mol. The van der Waals surface area contributed by atoms with E-state index in [0.29, 0.717) is 13.0 Å². The number of nitrogens with zero attached hydrogens (tertiary/aromatic N) is 2. The molecule has 8 heteroatoms. The Balaban J connectivity index is 1.52. The number of nitro benzene ring substituents is 1. The number of rotatable bonds is 6. The van der Waals surface area contributed by atoms with E-state index in [1.165, 1.54) is 23.9 Å². The van der Waals surface area contributed by atoms with Gasteiger partial charge in [-0.05, 0) is 36.2 Å². The summed E-state index contributed by atoms with van der Waals surface area (Å²) in [6, 6.07) is 12.3. The highest BCUT2D eigenvalue weighted by molar-refractivity contribution is 6.32. The molecule has 1 saturated heterocycles. The normalized spacial score (nSPS) is 14.0. The van der Waals surface area contributed by atoms with Crippen molar-refractivity contribution >= 4 is 28.9 Å². The minimum Gasteiger partial charge on any atom is -0.378 e. The average Bonchev–Trinajstić information content (AvgIpc) is 2.69. The van der Waals surface area contributed by atoms with Crippen LogP contribution in [0.4, 0.5) is 11.4 Å². The smallest absolute Gasteiger partial charge is 0.288 e. The van der Waals surface area contributed by atoms with Crippen molar-refractivity contribution < 1.29 is 14.5 Å². The third kappa shape index (κ3) is 4.96. The number of amides is 1. The van der Waals surface area contributed by atoms with Gasteiger partial charge in [0.05, 0.1) is 18.1 Å². The van der Waals surface area contributed by atoms with Gasteiger partial charge in [0.25, 0.3) is 11.6 Å². The first-order valence-electron chi connectivity index (χ1n) is 8.68. The Hall–Kier alpha value is -2.64. The van der Waals surface area contributed by atoms with Crippen LogP contribution in [0, 0.1) is 10.1 Å². The highest BCUT2D eigenvalue weighted by Crippen LogP contribution is 2.25. The van der Waals surface area contributed by atoms with Crippen molar-refractivity contribution in [1.29, 1.82) is 0 Å². The number of carbonyl (C=O) groups is 1. The zero-order valence-corrected chi connectivity index (χ0v) is 15.4. The van der Waals surface area contributed by atoms with Gasteiger partial charge in [0.15, 0.2) is 0 Å². The summed E-state index contributed by atoms with van der Waals surface area (Å²) in [5.41, 5.74) is 2.21. The fraction of sp³-hybridized carbons (Fsp3) is 0.316. The zero-order valence-electron chi connectivity index (χ0n) is 14.7. The number of morpholine rings is 1. The second-order valence-corrected chi connectivity index (χ2v) is 6.60. The number of nitrogens with one attached hydrogen (secondary N) is 1. The molecule has 1 fully saturated rings. The van der Waals surface area contributed by atoms with Gasteiger partial charge in [0, 0.05) is 37.0 Å². The van der Waals surface area contributed by atoms with Crippen molar-refractivity contribution in [3.05, 3.63) is 68.7 Å². The maximum atomic E-state index is 12.2. The highest BCUT2D eigenvalue weighted by atomic mass is 35.5. The number of nitro groups is 1. The third-order valence-corrected chi connectivity index (χ3v) is 4.74. The maximum absolute atomic E-state index is 12.2. The summed E-state index contributed by atoms with van der Waals surface area (Å²) in [6.45, 7) is 3.71. The molecule has 7 nitrogen and oxygen atoms in total. The van der Waals surface area contributed by atoms with Gasteiger partial charge in [-0.3, -0.25) is 14.9 Å². The van der Waals surface area contributed by atoms with Crippen LogP contribution in [-0.4, -0.2) is 43.7 Å². The molecule has 0 bridgehead atoms. The molecule has 0 aromatic heterocycles. The molecule has 1 heterocycles. The first-order chi connectivity index (χ1) is 13.0. The second kappa shape index (κ2) is 8.83. The van der Waals surface area contributed by atoms with Gasteiger partial charge in [-0.1, -0.05) is 23.7 Å². The van der Waals surface area contributed by atoms with Crippen LogP contribution >= 0.6 is 11.6 Å². The van der Waals surface area contributed by atoms with Crippen LogP contribution in [0.5, 0.6) is 0 Å². The number of hydrogen-bond acceptors (Lipinski definition) is 5. The highest BCUT2D eigenvalue weighted by Gasteiger charge is 2.16. The average molecular weight is 390 g/mol. The number of ether oxygens (including phenoxy) is 1. The van der Waals surface area contributed by atoms with Crippen molar-refractivity contribution in [1.82, 2.24) is 5.32 Å². The summed E-state index contributed by atoms with van der Waals surface area (Å²) >= 11 is 5.77. The maximum Gasteiger partial charge on any atom is 0.288 e. The summed E-state index contributed by atoms with van der Waals surface area (Å²) in [7, 11) is 0. The van der Waals surface area contributed by atoms with E-state index in [0.717, 1.165) is 31.9 Å². The van der Waals surface area contributed by atoms with E-state index in [1.54, 1.807) is 0 Å². The predicted octanol–water partition coefficient (Wildman–Crippen LogP) is 3.06. The minimum atomic E-state index is -0.602. The lowest BCUT2D eigenvalue weighted by atomic mass is 10.1. The molecule has 1 aliphatic heterocycles. The van der Waals surface area contributed by atoms with E-state index >= 15 is 0 Å². The largest absolute Gasteiger partial charge is 0.378 e. The van der Waals surface area contributed by atoms with Crippen molar-refractivity contribution in [2.45, 2.75) is 6.42 Å². The first kappa shape index (κ1) is 19.1. The molecule has 0 spiro atoms. The van der Waals surface area contributed by atoms with E-state index in [1.807, 2.05) is 12.1 Å². The zero-order chi connectivity index (χ0) is 19.2. The van der Waals surface area contributed by atoms with Gasteiger partial charge in [-0.15, -0.1) is 0 Å². The van der Waals surface area contributed by atoms with E-state index in [-0.39, 0.29) is 22.2 Å². The SMILES string of the molecule is O=C(NCCc1ccc(N2CCOCC2)cc1)c1ccc(Cl)c([N+](=O)[O-])c1. The molecule has 1 amide bonds. The molecule has 2 aromatic rings. The molecule has 142 valence electrons. The van der Waals surface area contributed by atoms with Crippen molar-refractivity contribution in [3.8, 4) is 0 Å². The van der Waals surface area contributed by atoms with E-state index in [9.17, 15) is 14.9 Å². The molecule has 0 saturated carbocycles. The van der Waals surface area contributed by atoms with Crippen LogP contribution in [0.25, 0.3) is 0 Å². The minimum absolute atomic E-state index is 0.0110. The Morgan fingerprint density at radius 1 is 1.19 bits per heavy atom. The standard InChI is InChI=1S/C19H20ClN3O4/c20-17-6-3-15(13-18(17)23(25)26)19(24)21-8-7-14-1-4-16(5-2-14)22-9-11-27-12-10-22/h1-6,13H,7-12H2,(H,21,24). The molecular weight excluding hydrogens is 370 g/mol. The predicted molar refractivity (Wildman–Crippen MR) is 104 cm³/mol. The Labute approximate surface area is 162 Å². The lowest BCUT2D eigenvalue weighted by Crippen LogP contribution is -2.36. The van der Waals surface area contributed by atoms with Crippen LogP contribution in [0.2, 0.25) is 5.02 Å². The van der Waals surface area contributed by atoms with Gasteiger partial charge in [-0.25, -0.2) is 0 Å². The third-order valence-electron chi connectivity index (χ3n) is 4.42. The first-order valence-corrected chi connectivity index (χ1v) is 9.06. The number of halogens is 1. The van der Waals surface area contributed by atoms with E-state index < -0.39 is 4.92 Å². The van der Waals surface area contributed by atoms with Crippen molar-refractivity contribution in [2.75, 3.05) is 37.7 Å². The molecule has 0 aliphatic carbocycles. The molecule has 1 aliphatic rings. The molecule has 2 aromatic carbocycles. The number of benzene rings is 2. The van der Waals surface area contributed by atoms with Gasteiger partial charge in [0.1, 0.15) is 5.02 Å². The van der Waals surface area contributed by atoms with Crippen molar-refractivity contribution in [3.63, 3.8) is 0 Å². The van der Waals surface area contributed by atoms with Crippen LogP contribution < -0.4 is 10.2 Å². The topological polar surface area (TPSA) is 84.7 Å². The van der Waals surface area contributed by atoms with Crippen LogP contribution in [0.1, 0.15) is 15.9 Å². The molecule has 27 heavy (non-hydrogen) atoms. The number of carbonyl (C=O) groups excluding carboxylic acids is 1. The quantitative estimate of drug-likeness (QED) is 0.606. The lowest BCUT2D eigenvalue weighted by Gasteiger charge is -2.28. The van der Waals surface area contributed by atoms with E-state index in [4.69, 9.17) is 16.3 Å². The Morgan fingerprint density at radius 3 is 2.56 bits per heavy atom. The van der Waals surface area contributed by atoms with Crippen molar-refractivity contribution in [2.24, 2.45) is 0 Å². The molecule has 3 rings (SSSR count). The fourth-order valence-corrected chi connectivity index (χ4v) is 3.10. The summed E-state index contributed by atoms with van der Waals surface area (Å²) in [6.07, 6.45) is 0.671. The van der Waals surface area contributed by atoms with Gasteiger partial charge in [0.2, 0.25) is 0 Å². The summed E-state index contributed by atoms with van der Waals surface area (Å²) < 4.78 is 5.36. The van der Waals surface area contributed by atoms with Crippen LogP contribution in [-0.2, 0) is 11.2 Å². The number of hydrogen-bond donors (Lipinski definition) is 1. The molecule has 0 radical (unpaired) electrons. The summed E-state index contributed by atoms with van der Waals surface area (Å²) in [5, 5.41) is 13.7. The summed E-state index contributed by atoms with van der Waals surface area (Å²) in [4.78, 5) is 24.8. The number of anilines is 1. The Kier molecular flexibility index (Phi) is 6.26. The van der Waals surface area contributed by atoms with Gasteiger partial charge >= 0.3 is 0 Å². The summed E-state index contributed by atoms with van der Waals surface area (Å²) in [5.74, 6) is -0.361.